The van der Waals surface area contributed by atoms with E-state index in [4.69, 9.17) is 0 Å². The fourth-order valence-corrected chi connectivity index (χ4v) is 3.19. The van der Waals surface area contributed by atoms with Crippen LogP contribution in [-0.4, -0.2) is 25.4 Å². The number of fused-ring (bicyclic) bond motifs is 1. The molecule has 0 fully saturated rings. The Kier molecular flexibility index (Phi) is 5.52. The SMILES string of the molecule is C=CCC(=O)Nc1ccc2c(c1)ncn2-c1ccnc(N[C@@H](C)c2ccccc2)n1. The van der Waals surface area contributed by atoms with Crippen molar-refractivity contribution in [2.24, 2.45) is 0 Å². The van der Waals surface area contributed by atoms with E-state index in [1.165, 1.54) is 0 Å². The van der Waals surface area contributed by atoms with E-state index >= 15 is 0 Å². The van der Waals surface area contributed by atoms with Crippen molar-refractivity contribution in [1.82, 2.24) is 19.5 Å². The number of amides is 1. The average Bonchev–Trinajstić information content (AvgIpc) is 3.18. The van der Waals surface area contributed by atoms with Crippen molar-refractivity contribution >= 4 is 28.6 Å². The normalized spacial score (nSPS) is 11.8. The topological polar surface area (TPSA) is 84.7 Å². The van der Waals surface area contributed by atoms with Crippen LogP contribution in [0.5, 0.6) is 0 Å². The van der Waals surface area contributed by atoms with Crippen LogP contribution < -0.4 is 10.6 Å². The number of carbonyl (C=O) groups excluding carboxylic acids is 1. The second kappa shape index (κ2) is 8.57. The minimum Gasteiger partial charge on any atom is -0.348 e. The molecule has 0 bridgehead atoms. The smallest absolute Gasteiger partial charge is 0.228 e. The summed E-state index contributed by atoms with van der Waals surface area (Å²) in [5.41, 5.74) is 3.50. The molecule has 0 radical (unpaired) electrons. The second-order valence-electron chi connectivity index (χ2n) is 6.87. The number of benzene rings is 2. The van der Waals surface area contributed by atoms with Crippen molar-refractivity contribution in [3.63, 3.8) is 0 Å². The van der Waals surface area contributed by atoms with Crippen LogP contribution in [0.15, 0.2) is 79.8 Å². The van der Waals surface area contributed by atoms with Gasteiger partial charge in [-0.15, -0.1) is 6.58 Å². The number of hydrogen-bond acceptors (Lipinski definition) is 5. The quantitative estimate of drug-likeness (QED) is 0.448. The van der Waals surface area contributed by atoms with Crippen molar-refractivity contribution < 1.29 is 4.79 Å². The minimum atomic E-state index is -0.108. The zero-order valence-electron chi connectivity index (χ0n) is 16.6. The summed E-state index contributed by atoms with van der Waals surface area (Å²) in [7, 11) is 0. The zero-order chi connectivity index (χ0) is 20.9. The van der Waals surface area contributed by atoms with E-state index in [0.717, 1.165) is 16.6 Å². The Morgan fingerprint density at radius 2 is 2.00 bits per heavy atom. The molecular formula is C23H22N6O. The summed E-state index contributed by atoms with van der Waals surface area (Å²) in [5, 5.41) is 6.17. The fourth-order valence-electron chi connectivity index (χ4n) is 3.19. The number of imidazole rings is 1. The largest absolute Gasteiger partial charge is 0.348 e. The number of aromatic nitrogens is 4. The Labute approximate surface area is 174 Å². The molecule has 0 aliphatic heterocycles. The van der Waals surface area contributed by atoms with E-state index in [1.54, 1.807) is 18.6 Å². The molecule has 2 heterocycles. The number of rotatable bonds is 7. The molecule has 1 atom stereocenters. The number of anilines is 2. The van der Waals surface area contributed by atoms with Gasteiger partial charge in [0.1, 0.15) is 12.1 Å². The highest BCUT2D eigenvalue weighted by atomic mass is 16.1. The standard InChI is InChI=1S/C23H22N6O/c1-3-7-22(30)27-18-10-11-20-19(14-18)25-15-29(20)21-12-13-24-23(28-21)26-16(2)17-8-5-4-6-9-17/h3-6,8-16H,1,7H2,2H3,(H,27,30)(H,24,26,28)/t16-/m0/s1. The summed E-state index contributed by atoms with van der Waals surface area (Å²) in [6.07, 6.45) is 5.28. The molecule has 2 aromatic heterocycles. The van der Waals surface area contributed by atoms with E-state index in [9.17, 15) is 4.79 Å². The van der Waals surface area contributed by atoms with E-state index in [1.807, 2.05) is 47.0 Å². The summed E-state index contributed by atoms with van der Waals surface area (Å²) >= 11 is 0. The van der Waals surface area contributed by atoms with Crippen LogP contribution in [0.25, 0.3) is 16.9 Å². The van der Waals surface area contributed by atoms with Crippen LogP contribution in [0.1, 0.15) is 24.9 Å². The van der Waals surface area contributed by atoms with Crippen molar-refractivity contribution in [2.75, 3.05) is 10.6 Å². The third-order valence-electron chi connectivity index (χ3n) is 4.69. The molecule has 4 aromatic rings. The molecule has 1 amide bonds. The monoisotopic (exact) mass is 398 g/mol. The van der Waals surface area contributed by atoms with Gasteiger partial charge in [-0.25, -0.2) is 9.97 Å². The van der Waals surface area contributed by atoms with Gasteiger partial charge in [0.2, 0.25) is 11.9 Å². The van der Waals surface area contributed by atoms with Gasteiger partial charge in [0.05, 0.1) is 17.1 Å². The Hall–Kier alpha value is -4.00. The Bertz CT molecular complexity index is 1180. The summed E-state index contributed by atoms with van der Waals surface area (Å²) in [5.74, 6) is 1.14. The van der Waals surface area contributed by atoms with Gasteiger partial charge in [0, 0.05) is 18.3 Å². The summed E-state index contributed by atoms with van der Waals surface area (Å²) in [4.78, 5) is 25.2. The summed E-state index contributed by atoms with van der Waals surface area (Å²) < 4.78 is 1.89. The average molecular weight is 398 g/mol. The maximum atomic E-state index is 11.8. The third-order valence-corrected chi connectivity index (χ3v) is 4.69. The lowest BCUT2D eigenvalue weighted by Crippen LogP contribution is -2.10. The molecule has 0 saturated carbocycles. The highest BCUT2D eigenvalue weighted by Gasteiger charge is 2.11. The van der Waals surface area contributed by atoms with Crippen LogP contribution in [0, 0.1) is 0 Å². The number of nitrogens with one attached hydrogen (secondary N) is 2. The molecule has 4 rings (SSSR count). The van der Waals surface area contributed by atoms with Crippen LogP contribution in [0.2, 0.25) is 0 Å². The predicted octanol–water partition coefficient (Wildman–Crippen LogP) is 4.50. The molecule has 7 heteroatoms. The summed E-state index contributed by atoms with van der Waals surface area (Å²) in [6.45, 7) is 5.65. The first-order valence-electron chi connectivity index (χ1n) is 9.67. The summed E-state index contributed by atoms with van der Waals surface area (Å²) in [6, 6.07) is 17.6. The molecule has 150 valence electrons. The lowest BCUT2D eigenvalue weighted by atomic mass is 10.1. The maximum absolute atomic E-state index is 11.8. The first-order chi connectivity index (χ1) is 14.6. The molecule has 0 aliphatic carbocycles. The molecule has 0 saturated heterocycles. The van der Waals surface area contributed by atoms with Gasteiger partial charge in [0.25, 0.3) is 0 Å². The highest BCUT2D eigenvalue weighted by Crippen LogP contribution is 2.22. The van der Waals surface area contributed by atoms with Gasteiger partial charge < -0.3 is 10.6 Å². The van der Waals surface area contributed by atoms with Gasteiger partial charge in [-0.3, -0.25) is 9.36 Å². The lowest BCUT2D eigenvalue weighted by Gasteiger charge is -2.14. The van der Waals surface area contributed by atoms with Crippen molar-refractivity contribution in [3.05, 3.63) is 85.3 Å². The van der Waals surface area contributed by atoms with Gasteiger partial charge in [-0.1, -0.05) is 36.4 Å². The Morgan fingerprint density at radius 1 is 1.17 bits per heavy atom. The van der Waals surface area contributed by atoms with E-state index in [0.29, 0.717) is 17.5 Å². The van der Waals surface area contributed by atoms with Crippen molar-refractivity contribution in [3.8, 4) is 5.82 Å². The predicted molar refractivity (Wildman–Crippen MR) is 119 cm³/mol. The van der Waals surface area contributed by atoms with Crippen molar-refractivity contribution in [2.45, 2.75) is 19.4 Å². The lowest BCUT2D eigenvalue weighted by molar-refractivity contribution is -0.115. The number of carbonyl (C=O) groups is 1. The number of hydrogen-bond donors (Lipinski definition) is 2. The van der Waals surface area contributed by atoms with Gasteiger partial charge >= 0.3 is 0 Å². The van der Waals surface area contributed by atoms with Gasteiger partial charge in [-0.2, -0.15) is 4.98 Å². The Balaban J connectivity index is 1.57. The third kappa shape index (κ3) is 4.20. The Morgan fingerprint density at radius 3 is 2.80 bits per heavy atom. The zero-order valence-corrected chi connectivity index (χ0v) is 16.6. The van der Waals surface area contributed by atoms with E-state index in [2.05, 4.69) is 51.2 Å². The number of nitrogens with zero attached hydrogens (tertiary/aromatic N) is 4. The van der Waals surface area contributed by atoms with Crippen molar-refractivity contribution in [1.29, 1.82) is 0 Å². The van der Waals surface area contributed by atoms with E-state index < -0.39 is 0 Å². The molecule has 7 nitrogen and oxygen atoms in total. The van der Waals surface area contributed by atoms with Gasteiger partial charge in [0.15, 0.2) is 0 Å². The molecule has 0 spiro atoms. The van der Waals surface area contributed by atoms with Crippen LogP contribution in [0.4, 0.5) is 11.6 Å². The first kappa shape index (κ1) is 19.3. The molecular weight excluding hydrogens is 376 g/mol. The molecule has 30 heavy (non-hydrogen) atoms. The second-order valence-corrected chi connectivity index (χ2v) is 6.87. The minimum absolute atomic E-state index is 0.0720. The fraction of sp³-hybridized carbons (Fsp3) is 0.130. The molecule has 0 unspecified atom stereocenters. The van der Waals surface area contributed by atoms with Crippen LogP contribution >= 0.6 is 0 Å². The first-order valence-corrected chi connectivity index (χ1v) is 9.67. The molecule has 0 aliphatic rings. The van der Waals surface area contributed by atoms with E-state index in [-0.39, 0.29) is 18.4 Å². The molecule has 2 aromatic carbocycles. The molecule has 2 N–H and O–H groups in total. The maximum Gasteiger partial charge on any atom is 0.228 e. The van der Waals surface area contributed by atoms with Gasteiger partial charge in [-0.05, 0) is 36.8 Å². The van der Waals surface area contributed by atoms with Crippen LogP contribution in [0.3, 0.4) is 0 Å². The highest BCUT2D eigenvalue weighted by molar-refractivity contribution is 5.93. The van der Waals surface area contributed by atoms with Crippen LogP contribution in [-0.2, 0) is 4.79 Å².